The Balaban J connectivity index is 1.20. The molecule has 0 aliphatic carbocycles. The fraction of sp³-hybridized carbons (Fsp3) is 0.107. The molecule has 1 aliphatic heterocycles. The standard InChI is InChI=1S/C56H44N2O2/c1-33-26-35(3)52(36(4)27-33)42-21-24-48-46(30-42)47-31-43(53-37(5)28-34(2)29-38(53)6)22-25-49(47)57(48)50-19-13-18-45-54(50)56(60)58(55(45)59)51-32-41(39-14-9-7-10-15-39)20-23-44(51)40-16-11-8-12-17-40/h7-32H,1-6H3. The maximum Gasteiger partial charge on any atom is 0.268 e. The number of aromatic nitrogens is 1. The summed E-state index contributed by atoms with van der Waals surface area (Å²) in [7, 11) is 0. The van der Waals surface area contributed by atoms with Crippen LogP contribution in [-0.4, -0.2) is 16.4 Å². The lowest BCUT2D eigenvalue weighted by molar-refractivity contribution is 0.0926. The monoisotopic (exact) mass is 776 g/mol. The van der Waals surface area contributed by atoms with E-state index >= 15 is 4.79 Å². The van der Waals surface area contributed by atoms with Crippen LogP contribution in [0.3, 0.4) is 0 Å². The third kappa shape index (κ3) is 5.90. The zero-order valence-corrected chi connectivity index (χ0v) is 34.7. The third-order valence-electron chi connectivity index (χ3n) is 12.3. The summed E-state index contributed by atoms with van der Waals surface area (Å²) in [5.74, 6) is -0.673. The van der Waals surface area contributed by atoms with Crippen LogP contribution in [0.5, 0.6) is 0 Å². The van der Waals surface area contributed by atoms with Crippen molar-refractivity contribution in [2.24, 2.45) is 0 Å². The van der Waals surface area contributed by atoms with E-state index in [-0.39, 0.29) is 11.8 Å². The summed E-state index contributed by atoms with van der Waals surface area (Å²) in [6, 6.07) is 54.1. The predicted octanol–water partition coefficient (Wildman–Crippen LogP) is 14.1. The van der Waals surface area contributed by atoms with Crippen molar-refractivity contribution in [2.75, 3.05) is 4.90 Å². The smallest absolute Gasteiger partial charge is 0.268 e. The molecule has 0 spiro atoms. The molecule has 2 amide bonds. The molecule has 2 heterocycles. The van der Waals surface area contributed by atoms with Crippen LogP contribution in [0.4, 0.5) is 5.69 Å². The van der Waals surface area contributed by atoms with E-state index in [0.29, 0.717) is 22.5 Å². The lowest BCUT2D eigenvalue weighted by atomic mass is 9.91. The number of amides is 2. The Morgan fingerprint density at radius 1 is 0.350 bits per heavy atom. The van der Waals surface area contributed by atoms with Crippen molar-refractivity contribution in [1.29, 1.82) is 0 Å². The molecule has 0 N–H and O–H groups in total. The molecule has 60 heavy (non-hydrogen) atoms. The third-order valence-corrected chi connectivity index (χ3v) is 12.3. The summed E-state index contributed by atoms with van der Waals surface area (Å²) in [6.07, 6.45) is 0. The second kappa shape index (κ2) is 14.2. The SMILES string of the molecule is Cc1cc(C)c(-c2ccc3c(c2)c2cc(-c4c(C)cc(C)cc4C)ccc2n3-c2cccc3c2C(=O)N(c2cc(-c4ccccc4)ccc2-c2ccccc2)C3=O)c(C)c1. The molecule has 1 aliphatic rings. The average molecular weight is 777 g/mol. The van der Waals surface area contributed by atoms with Gasteiger partial charge >= 0.3 is 0 Å². The van der Waals surface area contributed by atoms with Crippen LogP contribution in [-0.2, 0) is 0 Å². The molecule has 0 radical (unpaired) electrons. The summed E-state index contributed by atoms with van der Waals surface area (Å²) in [4.78, 5) is 31.4. The van der Waals surface area contributed by atoms with Crippen LogP contribution >= 0.6 is 0 Å². The Kier molecular flexibility index (Phi) is 8.76. The molecule has 8 aromatic carbocycles. The van der Waals surface area contributed by atoms with Gasteiger partial charge in [0.25, 0.3) is 11.8 Å². The molecule has 0 fully saturated rings. The van der Waals surface area contributed by atoms with Gasteiger partial charge in [-0.05, 0) is 145 Å². The predicted molar refractivity (Wildman–Crippen MR) is 249 cm³/mol. The minimum absolute atomic E-state index is 0.333. The Morgan fingerprint density at radius 2 is 0.850 bits per heavy atom. The number of hydrogen-bond acceptors (Lipinski definition) is 2. The molecule has 0 unspecified atom stereocenters. The number of anilines is 1. The lowest BCUT2D eigenvalue weighted by Crippen LogP contribution is -2.30. The van der Waals surface area contributed by atoms with E-state index in [1.807, 2.05) is 84.9 Å². The highest BCUT2D eigenvalue weighted by atomic mass is 16.2. The van der Waals surface area contributed by atoms with Gasteiger partial charge in [-0.3, -0.25) is 9.59 Å². The summed E-state index contributed by atoms with van der Waals surface area (Å²) >= 11 is 0. The van der Waals surface area contributed by atoms with Gasteiger partial charge in [0.2, 0.25) is 0 Å². The van der Waals surface area contributed by atoms with Crippen molar-refractivity contribution in [3.8, 4) is 50.2 Å². The summed E-state index contributed by atoms with van der Waals surface area (Å²) in [6.45, 7) is 13.0. The van der Waals surface area contributed by atoms with Gasteiger partial charge in [0, 0.05) is 16.3 Å². The number of hydrogen-bond donors (Lipinski definition) is 0. The molecule has 0 bridgehead atoms. The van der Waals surface area contributed by atoms with E-state index in [1.165, 1.54) is 49.4 Å². The zero-order chi connectivity index (χ0) is 41.4. The summed E-state index contributed by atoms with van der Waals surface area (Å²) in [5.41, 5.74) is 19.8. The van der Waals surface area contributed by atoms with E-state index in [1.54, 1.807) is 6.07 Å². The Labute approximate surface area is 351 Å². The second-order valence-electron chi connectivity index (χ2n) is 16.5. The average Bonchev–Trinajstić information content (AvgIpc) is 3.70. The van der Waals surface area contributed by atoms with Crippen molar-refractivity contribution in [3.05, 3.63) is 202 Å². The van der Waals surface area contributed by atoms with Crippen molar-refractivity contribution < 1.29 is 9.59 Å². The van der Waals surface area contributed by atoms with Gasteiger partial charge in [0.1, 0.15) is 0 Å². The number of carbonyl (C=O) groups excluding carboxylic acids is 2. The summed E-state index contributed by atoms with van der Waals surface area (Å²) in [5, 5.41) is 2.17. The zero-order valence-electron chi connectivity index (χ0n) is 34.7. The number of rotatable bonds is 6. The number of aryl methyl sites for hydroxylation is 6. The maximum atomic E-state index is 15.2. The molecule has 0 atom stereocenters. The normalized spacial score (nSPS) is 12.5. The van der Waals surface area contributed by atoms with E-state index in [9.17, 15) is 4.79 Å². The molecular weight excluding hydrogens is 733 g/mol. The van der Waals surface area contributed by atoms with Gasteiger partial charge in [-0.1, -0.05) is 126 Å². The van der Waals surface area contributed by atoms with E-state index in [0.717, 1.165) is 55.2 Å². The molecule has 0 saturated heterocycles. The Hall–Kier alpha value is -7.30. The number of fused-ring (bicyclic) bond motifs is 4. The number of imide groups is 1. The van der Waals surface area contributed by atoms with Gasteiger partial charge in [-0.25, -0.2) is 4.90 Å². The van der Waals surface area contributed by atoms with Crippen molar-refractivity contribution in [1.82, 2.24) is 4.57 Å². The second-order valence-corrected chi connectivity index (χ2v) is 16.5. The van der Waals surface area contributed by atoms with Gasteiger partial charge in [-0.15, -0.1) is 0 Å². The molecule has 290 valence electrons. The van der Waals surface area contributed by atoms with Gasteiger partial charge in [0.05, 0.1) is 33.5 Å². The highest BCUT2D eigenvalue weighted by molar-refractivity contribution is 6.36. The fourth-order valence-electron chi connectivity index (χ4n) is 9.93. The van der Waals surface area contributed by atoms with Crippen molar-refractivity contribution in [3.63, 3.8) is 0 Å². The molecular formula is C56H44N2O2. The molecule has 9 aromatic rings. The van der Waals surface area contributed by atoms with E-state index in [4.69, 9.17) is 0 Å². The molecule has 4 heteroatoms. The van der Waals surface area contributed by atoms with Crippen molar-refractivity contribution in [2.45, 2.75) is 41.5 Å². The molecule has 1 aromatic heterocycles. The van der Waals surface area contributed by atoms with Crippen LogP contribution in [0.15, 0.2) is 158 Å². The van der Waals surface area contributed by atoms with Crippen LogP contribution in [0.1, 0.15) is 54.1 Å². The van der Waals surface area contributed by atoms with Gasteiger partial charge in [-0.2, -0.15) is 0 Å². The van der Waals surface area contributed by atoms with Crippen LogP contribution in [0.2, 0.25) is 0 Å². The highest BCUT2D eigenvalue weighted by Crippen LogP contribution is 2.44. The minimum atomic E-state index is -0.340. The van der Waals surface area contributed by atoms with Crippen LogP contribution < -0.4 is 4.90 Å². The highest BCUT2D eigenvalue weighted by Gasteiger charge is 2.40. The minimum Gasteiger partial charge on any atom is -0.308 e. The quantitative estimate of drug-likeness (QED) is 0.158. The topological polar surface area (TPSA) is 42.3 Å². The van der Waals surface area contributed by atoms with Gasteiger partial charge < -0.3 is 4.57 Å². The Bertz CT molecular complexity index is 3080. The molecule has 4 nitrogen and oxygen atoms in total. The number of carbonyl (C=O) groups is 2. The molecule has 10 rings (SSSR count). The molecule has 0 saturated carbocycles. The fourth-order valence-corrected chi connectivity index (χ4v) is 9.93. The first-order valence-corrected chi connectivity index (χ1v) is 20.6. The van der Waals surface area contributed by atoms with E-state index in [2.05, 4.69) is 113 Å². The largest absolute Gasteiger partial charge is 0.308 e. The van der Waals surface area contributed by atoms with Crippen LogP contribution in [0, 0.1) is 41.5 Å². The lowest BCUT2D eigenvalue weighted by Gasteiger charge is -2.20. The summed E-state index contributed by atoms with van der Waals surface area (Å²) < 4.78 is 2.19. The first-order chi connectivity index (χ1) is 29.1. The van der Waals surface area contributed by atoms with Gasteiger partial charge in [0.15, 0.2) is 0 Å². The maximum absolute atomic E-state index is 15.2. The van der Waals surface area contributed by atoms with Crippen molar-refractivity contribution >= 4 is 39.3 Å². The van der Waals surface area contributed by atoms with E-state index < -0.39 is 0 Å². The Morgan fingerprint density at radius 3 is 1.38 bits per heavy atom. The number of benzene rings is 8. The number of nitrogens with zero attached hydrogens (tertiary/aromatic N) is 2. The first kappa shape index (κ1) is 37.0. The van der Waals surface area contributed by atoms with Crippen LogP contribution in [0.25, 0.3) is 72.0 Å². The first-order valence-electron chi connectivity index (χ1n) is 20.6.